The Labute approximate surface area is 177 Å². The number of sulfonamides is 1. The van der Waals surface area contributed by atoms with Gasteiger partial charge in [-0.15, -0.1) is 24.0 Å². The summed E-state index contributed by atoms with van der Waals surface area (Å²) in [5.74, 6) is 0.638. The summed E-state index contributed by atoms with van der Waals surface area (Å²) < 4.78 is 26.9. The Bertz CT molecular complexity index is 669. The maximum absolute atomic E-state index is 12.1. The van der Waals surface area contributed by atoms with Gasteiger partial charge in [-0.1, -0.05) is 17.7 Å². The fraction of sp³-hybridized carbons (Fsp3) is 0.533. The SMILES string of the molecule is CN=C(NCCNS(=O)(=O)c1cccc(Cl)c1)NCC(C)(C)SC.I. The highest BCUT2D eigenvalue weighted by atomic mass is 127. The first-order valence-corrected chi connectivity index (χ1v) is 10.5. The Kier molecular flexibility index (Phi) is 11.4. The number of aliphatic imine (C=N–C) groups is 1. The molecule has 3 N–H and O–H groups in total. The van der Waals surface area contributed by atoms with Crippen molar-refractivity contribution in [1.82, 2.24) is 15.4 Å². The number of hydrogen-bond donors (Lipinski definition) is 3. The molecule has 0 amide bonds. The second kappa shape index (κ2) is 11.5. The molecule has 1 rings (SSSR count). The first-order valence-electron chi connectivity index (χ1n) is 7.45. The van der Waals surface area contributed by atoms with Crippen LogP contribution in [0.5, 0.6) is 0 Å². The number of nitrogens with one attached hydrogen (secondary N) is 3. The second-order valence-corrected chi connectivity index (χ2v) is 9.39. The van der Waals surface area contributed by atoms with Crippen molar-refractivity contribution in [3.05, 3.63) is 29.3 Å². The molecule has 0 fully saturated rings. The van der Waals surface area contributed by atoms with Crippen molar-refractivity contribution in [2.45, 2.75) is 23.5 Å². The third-order valence-electron chi connectivity index (χ3n) is 3.27. The highest BCUT2D eigenvalue weighted by molar-refractivity contribution is 14.0. The van der Waals surface area contributed by atoms with Crippen molar-refractivity contribution in [2.24, 2.45) is 4.99 Å². The standard InChI is InChI=1S/C15H25ClN4O2S2.HI/c1-15(2,23-4)11-19-14(17-3)18-8-9-20-24(21,22)13-7-5-6-12(16)10-13;/h5-7,10,20H,8-9,11H2,1-4H3,(H2,17,18,19);1H. The molecule has 10 heteroatoms. The zero-order valence-corrected chi connectivity index (χ0v) is 19.5. The molecule has 0 unspecified atom stereocenters. The van der Waals surface area contributed by atoms with Gasteiger partial charge in [-0.2, -0.15) is 11.8 Å². The molecule has 0 aliphatic heterocycles. The first kappa shape index (κ1) is 24.8. The molecule has 0 aliphatic carbocycles. The van der Waals surface area contributed by atoms with Crippen LogP contribution in [0.25, 0.3) is 0 Å². The fourth-order valence-corrected chi connectivity index (χ4v) is 3.22. The zero-order chi connectivity index (χ0) is 18.2. The zero-order valence-electron chi connectivity index (χ0n) is 14.8. The molecule has 25 heavy (non-hydrogen) atoms. The quantitative estimate of drug-likeness (QED) is 0.212. The van der Waals surface area contributed by atoms with E-state index >= 15 is 0 Å². The minimum Gasteiger partial charge on any atom is -0.355 e. The summed E-state index contributed by atoms with van der Waals surface area (Å²) in [7, 11) is -1.89. The Balaban J connectivity index is 0.00000576. The van der Waals surface area contributed by atoms with Crippen LogP contribution < -0.4 is 15.4 Å². The van der Waals surface area contributed by atoms with Crippen molar-refractivity contribution >= 4 is 63.3 Å². The third kappa shape index (κ3) is 9.32. The van der Waals surface area contributed by atoms with E-state index in [-0.39, 0.29) is 40.2 Å². The van der Waals surface area contributed by atoms with Gasteiger partial charge in [0.25, 0.3) is 0 Å². The lowest BCUT2D eigenvalue weighted by atomic mass is 10.2. The van der Waals surface area contributed by atoms with Crippen molar-refractivity contribution in [2.75, 3.05) is 32.9 Å². The van der Waals surface area contributed by atoms with Crippen LogP contribution in [0.15, 0.2) is 34.2 Å². The van der Waals surface area contributed by atoms with E-state index in [0.29, 0.717) is 17.5 Å². The molecule has 0 saturated heterocycles. The minimum atomic E-state index is -3.56. The highest BCUT2D eigenvalue weighted by Gasteiger charge is 2.16. The van der Waals surface area contributed by atoms with Gasteiger partial charge in [-0.25, -0.2) is 13.1 Å². The maximum Gasteiger partial charge on any atom is 0.240 e. The number of nitrogens with zero attached hydrogens (tertiary/aromatic N) is 1. The fourth-order valence-electron chi connectivity index (χ4n) is 1.67. The lowest BCUT2D eigenvalue weighted by molar-refractivity contribution is 0.580. The summed E-state index contributed by atoms with van der Waals surface area (Å²) in [5.41, 5.74) is 0. The molecule has 0 radical (unpaired) electrons. The molecule has 1 aromatic rings. The van der Waals surface area contributed by atoms with E-state index in [1.165, 1.54) is 12.1 Å². The average molecular weight is 521 g/mol. The maximum atomic E-state index is 12.1. The third-order valence-corrected chi connectivity index (χ3v) is 6.22. The normalized spacial score (nSPS) is 12.4. The van der Waals surface area contributed by atoms with Crippen molar-refractivity contribution in [3.63, 3.8) is 0 Å². The predicted molar refractivity (Wildman–Crippen MR) is 119 cm³/mol. The molecule has 6 nitrogen and oxygen atoms in total. The Morgan fingerprint density at radius 1 is 1.28 bits per heavy atom. The predicted octanol–water partition coefficient (Wildman–Crippen LogP) is 2.54. The number of halogens is 2. The van der Waals surface area contributed by atoms with E-state index in [1.54, 1.807) is 30.9 Å². The van der Waals surface area contributed by atoms with Crippen LogP contribution >= 0.6 is 47.3 Å². The van der Waals surface area contributed by atoms with Gasteiger partial charge in [0.05, 0.1) is 4.90 Å². The smallest absolute Gasteiger partial charge is 0.240 e. The van der Waals surface area contributed by atoms with E-state index in [4.69, 9.17) is 11.6 Å². The molecule has 0 aromatic heterocycles. The van der Waals surface area contributed by atoms with Crippen molar-refractivity contribution in [1.29, 1.82) is 0 Å². The Morgan fingerprint density at radius 2 is 1.96 bits per heavy atom. The Morgan fingerprint density at radius 3 is 2.52 bits per heavy atom. The van der Waals surface area contributed by atoms with Crippen LogP contribution in [0, 0.1) is 0 Å². The lowest BCUT2D eigenvalue weighted by Crippen LogP contribution is -2.45. The summed E-state index contributed by atoms with van der Waals surface area (Å²) in [5, 5.41) is 6.69. The monoisotopic (exact) mass is 520 g/mol. The number of hydrogen-bond acceptors (Lipinski definition) is 4. The van der Waals surface area contributed by atoms with Gasteiger partial charge in [-0.05, 0) is 38.3 Å². The average Bonchev–Trinajstić information content (AvgIpc) is 2.54. The lowest BCUT2D eigenvalue weighted by Gasteiger charge is -2.23. The number of guanidine groups is 1. The topological polar surface area (TPSA) is 82.6 Å². The van der Waals surface area contributed by atoms with Crippen molar-refractivity contribution < 1.29 is 8.42 Å². The van der Waals surface area contributed by atoms with Gasteiger partial charge >= 0.3 is 0 Å². The summed E-state index contributed by atoms with van der Waals surface area (Å²) in [6.07, 6.45) is 2.06. The van der Waals surface area contributed by atoms with Crippen LogP contribution in [0.2, 0.25) is 5.02 Å². The van der Waals surface area contributed by atoms with Crippen molar-refractivity contribution in [3.8, 4) is 0 Å². The molecule has 0 spiro atoms. The number of rotatable bonds is 8. The highest BCUT2D eigenvalue weighted by Crippen LogP contribution is 2.19. The van der Waals surface area contributed by atoms with Crippen LogP contribution in [0.4, 0.5) is 0 Å². The second-order valence-electron chi connectivity index (χ2n) is 5.67. The largest absolute Gasteiger partial charge is 0.355 e. The van der Waals surface area contributed by atoms with Crippen LogP contribution in [-0.2, 0) is 10.0 Å². The van der Waals surface area contributed by atoms with E-state index in [9.17, 15) is 8.42 Å². The number of thioether (sulfide) groups is 1. The van der Waals surface area contributed by atoms with Gasteiger partial charge < -0.3 is 10.6 Å². The van der Waals surface area contributed by atoms with Crippen LogP contribution in [-0.4, -0.2) is 52.1 Å². The molecule has 0 bridgehead atoms. The van der Waals surface area contributed by atoms with Crippen LogP contribution in [0.1, 0.15) is 13.8 Å². The summed E-state index contributed by atoms with van der Waals surface area (Å²) >= 11 is 7.59. The minimum absolute atomic E-state index is 0. The van der Waals surface area contributed by atoms with Crippen LogP contribution in [0.3, 0.4) is 0 Å². The Hall–Kier alpha value is -0.230. The van der Waals surface area contributed by atoms with Gasteiger partial charge in [0.1, 0.15) is 0 Å². The van der Waals surface area contributed by atoms with Gasteiger partial charge in [-0.3, -0.25) is 4.99 Å². The molecule has 0 aliphatic rings. The van der Waals surface area contributed by atoms with Gasteiger partial charge in [0, 0.05) is 36.5 Å². The van der Waals surface area contributed by atoms with E-state index in [1.807, 2.05) is 0 Å². The van der Waals surface area contributed by atoms with E-state index in [0.717, 1.165) is 6.54 Å². The molecule has 0 saturated carbocycles. The summed E-state index contributed by atoms with van der Waals surface area (Å²) in [6, 6.07) is 6.16. The molecular weight excluding hydrogens is 495 g/mol. The summed E-state index contributed by atoms with van der Waals surface area (Å²) in [6.45, 7) is 5.68. The molecule has 0 heterocycles. The van der Waals surface area contributed by atoms with E-state index < -0.39 is 10.0 Å². The molecule has 1 aromatic carbocycles. The molecule has 144 valence electrons. The number of benzene rings is 1. The first-order chi connectivity index (χ1) is 11.2. The van der Waals surface area contributed by atoms with Gasteiger partial charge in [0.15, 0.2) is 5.96 Å². The molecule has 0 atom stereocenters. The van der Waals surface area contributed by atoms with E-state index in [2.05, 4.69) is 40.5 Å². The molecular formula is C15H26ClIN4O2S2. The van der Waals surface area contributed by atoms with Gasteiger partial charge in [0.2, 0.25) is 10.0 Å². The summed E-state index contributed by atoms with van der Waals surface area (Å²) in [4.78, 5) is 4.27.